The molecule has 0 aromatic carbocycles. The third kappa shape index (κ3) is 3.97. The molecule has 1 amide bonds. The predicted molar refractivity (Wildman–Crippen MR) is 102 cm³/mol. The second-order valence-corrected chi connectivity index (χ2v) is 9.46. The molecule has 25 heavy (non-hydrogen) atoms. The van der Waals surface area contributed by atoms with Crippen LogP contribution in [0.3, 0.4) is 0 Å². The van der Waals surface area contributed by atoms with Gasteiger partial charge in [0.15, 0.2) is 4.34 Å². The largest absolute Gasteiger partial charge is 0.357 e. The van der Waals surface area contributed by atoms with E-state index in [-0.39, 0.29) is 11.7 Å². The molecule has 6 nitrogen and oxygen atoms in total. The van der Waals surface area contributed by atoms with Gasteiger partial charge in [-0.05, 0) is 44.1 Å². The van der Waals surface area contributed by atoms with Crippen molar-refractivity contribution in [3.63, 3.8) is 0 Å². The summed E-state index contributed by atoms with van der Waals surface area (Å²) >= 11 is 4.41. The number of fused-ring (bicyclic) bond motifs is 1. The number of carbonyl (C=O) groups is 1. The monoisotopic (exact) mass is 391 g/mol. The van der Waals surface area contributed by atoms with Gasteiger partial charge in [0.2, 0.25) is 11.0 Å². The molecule has 2 heterocycles. The van der Waals surface area contributed by atoms with Crippen LogP contribution in [0, 0.1) is 11.3 Å². The van der Waals surface area contributed by atoms with Crippen LogP contribution >= 0.6 is 34.4 Å². The Labute approximate surface area is 158 Å². The van der Waals surface area contributed by atoms with E-state index < -0.39 is 0 Å². The fraction of sp³-hybridized carbons (Fsp3) is 0.500. The van der Waals surface area contributed by atoms with Crippen molar-refractivity contribution in [2.45, 2.75) is 48.9 Å². The van der Waals surface area contributed by atoms with Gasteiger partial charge in [0.1, 0.15) is 11.1 Å². The molecule has 0 spiro atoms. The van der Waals surface area contributed by atoms with Crippen molar-refractivity contribution >= 4 is 50.5 Å². The van der Waals surface area contributed by atoms with Crippen LogP contribution in [0.15, 0.2) is 4.34 Å². The zero-order chi connectivity index (χ0) is 17.2. The number of nitrogens with zero attached hydrogens (tertiary/aromatic N) is 3. The maximum absolute atomic E-state index is 12.3. The first-order chi connectivity index (χ1) is 12.2. The Kier molecular flexibility index (Phi) is 4.92. The molecule has 0 bridgehead atoms. The number of aromatic nitrogens is 2. The lowest BCUT2D eigenvalue weighted by atomic mass is 9.96. The highest BCUT2D eigenvalue weighted by Crippen LogP contribution is 2.38. The average molecular weight is 392 g/mol. The van der Waals surface area contributed by atoms with Crippen molar-refractivity contribution in [1.29, 1.82) is 5.26 Å². The Balaban J connectivity index is 1.35. The molecule has 2 aromatic heterocycles. The Morgan fingerprint density at radius 1 is 1.28 bits per heavy atom. The van der Waals surface area contributed by atoms with Crippen LogP contribution in [-0.2, 0) is 17.6 Å². The van der Waals surface area contributed by atoms with E-state index in [1.165, 1.54) is 40.8 Å². The van der Waals surface area contributed by atoms with Crippen molar-refractivity contribution in [3.05, 3.63) is 16.0 Å². The summed E-state index contributed by atoms with van der Waals surface area (Å²) in [6, 6.07) is 2.82. The highest BCUT2D eigenvalue weighted by molar-refractivity contribution is 8.01. The minimum Gasteiger partial charge on any atom is -0.357 e. The average Bonchev–Trinajstić information content (AvgIpc) is 3.19. The van der Waals surface area contributed by atoms with Gasteiger partial charge in [-0.1, -0.05) is 23.1 Å². The minimum atomic E-state index is -0.105. The second-order valence-electron chi connectivity index (χ2n) is 6.16. The molecule has 0 unspecified atom stereocenters. The second kappa shape index (κ2) is 7.32. The van der Waals surface area contributed by atoms with E-state index in [2.05, 4.69) is 26.9 Å². The highest BCUT2D eigenvalue weighted by atomic mass is 32.2. The molecule has 2 aromatic rings. The van der Waals surface area contributed by atoms with E-state index in [1.54, 1.807) is 11.3 Å². The van der Waals surface area contributed by atoms with Crippen molar-refractivity contribution in [2.24, 2.45) is 0 Å². The summed E-state index contributed by atoms with van der Waals surface area (Å²) in [7, 11) is 0. The Bertz CT molecular complexity index is 833. The van der Waals surface area contributed by atoms with Crippen molar-refractivity contribution in [3.8, 4) is 6.07 Å². The number of anilines is 2. The highest BCUT2D eigenvalue weighted by Gasteiger charge is 2.23. The number of carbonyl (C=O) groups excluding carboxylic acids is 1. The lowest BCUT2D eigenvalue weighted by Crippen LogP contribution is -2.13. The summed E-state index contributed by atoms with van der Waals surface area (Å²) in [5.41, 5.74) is 1.80. The Hall–Kier alpha value is -1.63. The van der Waals surface area contributed by atoms with Gasteiger partial charge in [0.05, 0.1) is 11.3 Å². The van der Waals surface area contributed by atoms with Crippen LogP contribution < -0.4 is 10.6 Å². The summed E-state index contributed by atoms with van der Waals surface area (Å²) in [5.74, 6) is 0.165. The zero-order valence-corrected chi connectivity index (χ0v) is 16.0. The maximum atomic E-state index is 12.3. The molecule has 4 rings (SSSR count). The van der Waals surface area contributed by atoms with Gasteiger partial charge in [-0.3, -0.25) is 4.79 Å². The lowest BCUT2D eigenvalue weighted by molar-refractivity contribution is -0.113. The molecule has 9 heteroatoms. The van der Waals surface area contributed by atoms with E-state index in [0.717, 1.165) is 40.7 Å². The maximum Gasteiger partial charge on any atom is 0.235 e. The molecule has 0 radical (unpaired) electrons. The Morgan fingerprint density at radius 2 is 2.12 bits per heavy atom. The van der Waals surface area contributed by atoms with E-state index in [9.17, 15) is 10.1 Å². The first kappa shape index (κ1) is 16.8. The van der Waals surface area contributed by atoms with Crippen LogP contribution in [0.4, 0.5) is 10.1 Å². The molecule has 0 saturated heterocycles. The van der Waals surface area contributed by atoms with Crippen molar-refractivity contribution in [1.82, 2.24) is 10.2 Å². The first-order valence-electron chi connectivity index (χ1n) is 8.30. The molecular formula is C16H17N5OS3. The van der Waals surface area contributed by atoms with Gasteiger partial charge in [0.25, 0.3) is 0 Å². The number of thiophene rings is 1. The minimum absolute atomic E-state index is 0.105. The van der Waals surface area contributed by atoms with Gasteiger partial charge >= 0.3 is 0 Å². The van der Waals surface area contributed by atoms with Crippen LogP contribution in [0.25, 0.3) is 0 Å². The molecular weight excluding hydrogens is 374 g/mol. The number of aryl methyl sites for hydroxylation is 1. The van der Waals surface area contributed by atoms with Gasteiger partial charge < -0.3 is 10.6 Å². The van der Waals surface area contributed by atoms with Gasteiger partial charge in [-0.25, -0.2) is 0 Å². The summed E-state index contributed by atoms with van der Waals surface area (Å²) in [6.45, 7) is 0. The van der Waals surface area contributed by atoms with E-state index in [0.29, 0.717) is 16.6 Å². The van der Waals surface area contributed by atoms with Crippen LogP contribution in [0.2, 0.25) is 0 Å². The fourth-order valence-electron chi connectivity index (χ4n) is 2.79. The van der Waals surface area contributed by atoms with E-state index in [4.69, 9.17) is 0 Å². The number of amides is 1. The van der Waals surface area contributed by atoms with Crippen LogP contribution in [0.5, 0.6) is 0 Å². The summed E-state index contributed by atoms with van der Waals surface area (Å²) in [6.07, 6.45) is 6.63. The molecule has 2 N–H and O–H groups in total. The standard InChI is InChI=1S/C16H17N5OS3/c17-7-11-10-3-1-2-4-12(10)24-14(11)19-13(22)8-23-16-21-20-15(25-16)18-9-5-6-9/h9H,1-6,8H2,(H,18,20)(H,19,22). The van der Waals surface area contributed by atoms with Crippen LogP contribution in [-0.4, -0.2) is 27.9 Å². The fourth-order valence-corrected chi connectivity index (χ4v) is 5.68. The summed E-state index contributed by atoms with van der Waals surface area (Å²) in [5, 5.41) is 25.4. The molecule has 2 aliphatic rings. The third-order valence-electron chi connectivity index (χ3n) is 4.17. The van der Waals surface area contributed by atoms with Gasteiger partial charge in [-0.15, -0.1) is 21.5 Å². The Morgan fingerprint density at radius 3 is 2.92 bits per heavy atom. The summed E-state index contributed by atoms with van der Waals surface area (Å²) in [4.78, 5) is 13.5. The first-order valence-corrected chi connectivity index (χ1v) is 10.9. The molecule has 1 saturated carbocycles. The van der Waals surface area contributed by atoms with E-state index >= 15 is 0 Å². The number of thioether (sulfide) groups is 1. The number of hydrogen-bond donors (Lipinski definition) is 2. The molecule has 1 fully saturated rings. The van der Waals surface area contributed by atoms with Crippen LogP contribution in [0.1, 0.15) is 41.7 Å². The smallest absolute Gasteiger partial charge is 0.235 e. The number of nitriles is 1. The van der Waals surface area contributed by atoms with E-state index in [1.807, 2.05) is 0 Å². The zero-order valence-electron chi connectivity index (χ0n) is 13.5. The number of nitrogens with one attached hydrogen (secondary N) is 2. The quantitative estimate of drug-likeness (QED) is 0.731. The molecule has 130 valence electrons. The number of hydrogen-bond acceptors (Lipinski definition) is 8. The lowest BCUT2D eigenvalue weighted by Gasteiger charge is -2.09. The number of rotatable bonds is 6. The predicted octanol–water partition coefficient (Wildman–Crippen LogP) is 3.66. The SMILES string of the molecule is N#Cc1c(NC(=O)CSc2nnc(NC3CC3)s2)sc2c1CCCC2. The normalized spacial score (nSPS) is 16.1. The molecule has 0 aliphatic heterocycles. The topological polar surface area (TPSA) is 90.7 Å². The van der Waals surface area contributed by atoms with Crippen molar-refractivity contribution < 1.29 is 4.79 Å². The van der Waals surface area contributed by atoms with Gasteiger partial charge in [0, 0.05) is 10.9 Å². The molecule has 0 atom stereocenters. The van der Waals surface area contributed by atoms with Gasteiger partial charge in [-0.2, -0.15) is 5.26 Å². The third-order valence-corrected chi connectivity index (χ3v) is 7.37. The summed E-state index contributed by atoms with van der Waals surface area (Å²) < 4.78 is 0.782. The van der Waals surface area contributed by atoms with Crippen molar-refractivity contribution in [2.75, 3.05) is 16.4 Å². The molecule has 2 aliphatic carbocycles.